The fraction of sp³-hybridized carbons (Fsp3) is 0.188. The summed E-state index contributed by atoms with van der Waals surface area (Å²) in [6, 6.07) is 12.9. The van der Waals surface area contributed by atoms with Crippen molar-refractivity contribution in [2.24, 2.45) is 5.16 Å². The van der Waals surface area contributed by atoms with Gasteiger partial charge in [-0.2, -0.15) is 0 Å². The van der Waals surface area contributed by atoms with Crippen LogP contribution in [0.2, 0.25) is 5.02 Å². The summed E-state index contributed by atoms with van der Waals surface area (Å²) in [5.41, 5.74) is 1.69. The molecule has 0 fully saturated rings. The van der Waals surface area contributed by atoms with Crippen LogP contribution in [0.3, 0.4) is 0 Å². The predicted molar refractivity (Wildman–Crippen MR) is 83.0 cm³/mol. The first-order valence-corrected chi connectivity index (χ1v) is 6.86. The molecular formula is C16H16ClNO3. The van der Waals surface area contributed by atoms with Crippen LogP contribution >= 0.6 is 11.6 Å². The Morgan fingerprint density at radius 3 is 2.52 bits per heavy atom. The third-order valence-corrected chi connectivity index (χ3v) is 3.10. The first kappa shape index (κ1) is 15.2. The van der Waals surface area contributed by atoms with Crippen molar-refractivity contribution in [3.05, 3.63) is 58.6 Å². The normalized spacial score (nSPS) is 10.8. The van der Waals surface area contributed by atoms with Crippen LogP contribution in [0.1, 0.15) is 11.1 Å². The summed E-state index contributed by atoms with van der Waals surface area (Å²) in [6.45, 7) is 2.79. The van der Waals surface area contributed by atoms with Crippen molar-refractivity contribution >= 4 is 17.8 Å². The first-order chi connectivity index (χ1) is 10.2. The van der Waals surface area contributed by atoms with Crippen molar-refractivity contribution in [1.82, 2.24) is 0 Å². The number of aryl methyl sites for hydroxylation is 1. The molecule has 21 heavy (non-hydrogen) atoms. The van der Waals surface area contributed by atoms with E-state index in [2.05, 4.69) is 5.16 Å². The minimum Gasteiger partial charge on any atom is -0.490 e. The number of hydrogen-bond donors (Lipinski definition) is 1. The molecule has 0 aliphatic carbocycles. The van der Waals surface area contributed by atoms with E-state index in [1.165, 1.54) is 6.21 Å². The number of oxime groups is 1. The molecule has 2 aromatic carbocycles. The van der Waals surface area contributed by atoms with E-state index in [9.17, 15) is 0 Å². The summed E-state index contributed by atoms with van der Waals surface area (Å²) in [7, 11) is 0. The van der Waals surface area contributed by atoms with Gasteiger partial charge in [0.05, 0.1) is 6.21 Å². The van der Waals surface area contributed by atoms with Crippen LogP contribution in [-0.2, 0) is 0 Å². The van der Waals surface area contributed by atoms with Gasteiger partial charge in [-0.25, -0.2) is 0 Å². The molecule has 2 aromatic rings. The van der Waals surface area contributed by atoms with Gasteiger partial charge in [0, 0.05) is 10.6 Å². The van der Waals surface area contributed by atoms with Gasteiger partial charge in [0.25, 0.3) is 0 Å². The molecule has 0 atom stereocenters. The van der Waals surface area contributed by atoms with Gasteiger partial charge in [0.2, 0.25) is 0 Å². The molecule has 2 rings (SSSR count). The fourth-order valence-electron chi connectivity index (χ4n) is 1.84. The fourth-order valence-corrected chi connectivity index (χ4v) is 2.02. The van der Waals surface area contributed by atoms with Gasteiger partial charge in [0.1, 0.15) is 24.7 Å². The molecule has 0 amide bonds. The Balaban J connectivity index is 1.90. The quantitative estimate of drug-likeness (QED) is 0.381. The number of halogens is 1. The van der Waals surface area contributed by atoms with Gasteiger partial charge < -0.3 is 14.7 Å². The SMILES string of the molecule is Cc1ccccc1OCCOc1ccc(Cl)cc1/C=N/O. The summed E-state index contributed by atoms with van der Waals surface area (Å²) >= 11 is 5.89. The molecule has 0 radical (unpaired) electrons. The number of para-hydroxylation sites is 1. The summed E-state index contributed by atoms with van der Waals surface area (Å²) in [4.78, 5) is 0. The Kier molecular flexibility index (Phi) is 5.46. The highest BCUT2D eigenvalue weighted by atomic mass is 35.5. The van der Waals surface area contributed by atoms with Crippen molar-refractivity contribution in [3.8, 4) is 11.5 Å². The molecule has 0 spiro atoms. The Morgan fingerprint density at radius 2 is 1.81 bits per heavy atom. The molecule has 1 N–H and O–H groups in total. The third kappa shape index (κ3) is 4.39. The molecule has 0 heterocycles. The Hall–Kier alpha value is -2.20. The lowest BCUT2D eigenvalue weighted by atomic mass is 10.2. The van der Waals surface area contributed by atoms with Crippen LogP contribution in [-0.4, -0.2) is 24.6 Å². The van der Waals surface area contributed by atoms with Gasteiger partial charge in [-0.3, -0.25) is 0 Å². The zero-order valence-corrected chi connectivity index (χ0v) is 12.4. The van der Waals surface area contributed by atoms with Crippen LogP contribution in [0.15, 0.2) is 47.6 Å². The number of nitrogens with zero attached hydrogens (tertiary/aromatic N) is 1. The Morgan fingerprint density at radius 1 is 1.10 bits per heavy atom. The molecule has 110 valence electrons. The van der Waals surface area contributed by atoms with Gasteiger partial charge in [0.15, 0.2) is 0 Å². The van der Waals surface area contributed by atoms with E-state index < -0.39 is 0 Å². The van der Waals surface area contributed by atoms with Crippen LogP contribution in [0.4, 0.5) is 0 Å². The smallest absolute Gasteiger partial charge is 0.128 e. The highest BCUT2D eigenvalue weighted by Gasteiger charge is 2.04. The van der Waals surface area contributed by atoms with Crippen molar-refractivity contribution in [1.29, 1.82) is 0 Å². The largest absolute Gasteiger partial charge is 0.490 e. The Labute approximate surface area is 128 Å². The zero-order valence-electron chi connectivity index (χ0n) is 11.6. The second kappa shape index (κ2) is 7.55. The monoisotopic (exact) mass is 305 g/mol. The maximum Gasteiger partial charge on any atom is 0.128 e. The second-order valence-corrected chi connectivity index (χ2v) is 4.83. The van der Waals surface area contributed by atoms with Crippen molar-refractivity contribution < 1.29 is 14.7 Å². The second-order valence-electron chi connectivity index (χ2n) is 4.39. The topological polar surface area (TPSA) is 51.0 Å². The van der Waals surface area contributed by atoms with Crippen molar-refractivity contribution in [2.45, 2.75) is 6.92 Å². The molecule has 0 bridgehead atoms. The minimum atomic E-state index is 0.377. The molecule has 0 saturated heterocycles. The maximum atomic E-state index is 8.63. The number of benzene rings is 2. The summed E-state index contributed by atoms with van der Waals surface area (Å²) in [5.74, 6) is 1.43. The molecule has 5 heteroatoms. The standard InChI is InChI=1S/C16H16ClNO3/c1-12-4-2-3-5-15(12)20-8-9-21-16-7-6-14(17)10-13(16)11-18-19/h2-7,10-11,19H,8-9H2,1H3/b18-11+. The van der Waals surface area contributed by atoms with Gasteiger partial charge in [-0.15, -0.1) is 0 Å². The third-order valence-electron chi connectivity index (χ3n) is 2.86. The minimum absolute atomic E-state index is 0.377. The van der Waals surface area contributed by atoms with Gasteiger partial charge in [-0.05, 0) is 36.8 Å². The Bertz CT molecular complexity index is 629. The lowest BCUT2D eigenvalue weighted by molar-refractivity contribution is 0.216. The van der Waals surface area contributed by atoms with Crippen LogP contribution in [0, 0.1) is 6.92 Å². The average molecular weight is 306 g/mol. The lowest BCUT2D eigenvalue weighted by Crippen LogP contribution is -2.10. The van der Waals surface area contributed by atoms with Crippen LogP contribution in [0.25, 0.3) is 0 Å². The highest BCUT2D eigenvalue weighted by Crippen LogP contribution is 2.21. The first-order valence-electron chi connectivity index (χ1n) is 6.49. The van der Waals surface area contributed by atoms with Crippen LogP contribution < -0.4 is 9.47 Å². The molecule has 4 nitrogen and oxygen atoms in total. The van der Waals surface area contributed by atoms with E-state index in [4.69, 9.17) is 26.3 Å². The maximum absolute atomic E-state index is 8.63. The molecule has 0 unspecified atom stereocenters. The zero-order chi connectivity index (χ0) is 15.1. The van der Waals surface area contributed by atoms with Crippen LogP contribution in [0.5, 0.6) is 11.5 Å². The van der Waals surface area contributed by atoms with E-state index in [0.29, 0.717) is 29.5 Å². The summed E-state index contributed by atoms with van der Waals surface area (Å²) in [5, 5.41) is 12.2. The predicted octanol–water partition coefficient (Wildman–Crippen LogP) is 3.91. The lowest BCUT2D eigenvalue weighted by Gasteiger charge is -2.11. The number of rotatable bonds is 6. The molecule has 0 aliphatic heterocycles. The molecule has 0 aliphatic rings. The van der Waals surface area contributed by atoms with E-state index in [1.54, 1.807) is 18.2 Å². The molecular weight excluding hydrogens is 290 g/mol. The molecule has 0 saturated carbocycles. The highest BCUT2D eigenvalue weighted by molar-refractivity contribution is 6.30. The van der Waals surface area contributed by atoms with Gasteiger partial charge in [-0.1, -0.05) is 35.0 Å². The van der Waals surface area contributed by atoms with E-state index in [-0.39, 0.29) is 0 Å². The van der Waals surface area contributed by atoms with Crippen molar-refractivity contribution in [2.75, 3.05) is 13.2 Å². The number of hydrogen-bond acceptors (Lipinski definition) is 4. The van der Waals surface area contributed by atoms with Gasteiger partial charge >= 0.3 is 0 Å². The van der Waals surface area contributed by atoms with E-state index in [0.717, 1.165) is 11.3 Å². The summed E-state index contributed by atoms with van der Waals surface area (Å²) < 4.78 is 11.3. The van der Waals surface area contributed by atoms with E-state index in [1.807, 2.05) is 31.2 Å². The summed E-state index contributed by atoms with van der Waals surface area (Å²) in [6.07, 6.45) is 1.28. The number of ether oxygens (including phenoxy) is 2. The van der Waals surface area contributed by atoms with Crippen molar-refractivity contribution in [3.63, 3.8) is 0 Å². The average Bonchev–Trinajstić information content (AvgIpc) is 2.47. The van der Waals surface area contributed by atoms with E-state index >= 15 is 0 Å². The molecule has 0 aromatic heterocycles.